The van der Waals surface area contributed by atoms with Crippen molar-refractivity contribution < 1.29 is 4.57 Å². The molecule has 0 amide bonds. The fraction of sp³-hybridized carbons (Fsp3) is 0.571. The molecule has 0 aliphatic rings. The van der Waals surface area contributed by atoms with Gasteiger partial charge in [0.25, 0.3) is 5.82 Å². The van der Waals surface area contributed by atoms with Crippen LogP contribution in [0.25, 0.3) is 0 Å². The quantitative estimate of drug-likeness (QED) is 0.446. The molecule has 1 rings (SSSR count). The Bertz CT molecular complexity index is 201. The lowest BCUT2D eigenvalue weighted by molar-refractivity contribution is -0.677. The van der Waals surface area contributed by atoms with E-state index in [1.54, 1.807) is 0 Å². The highest BCUT2D eigenvalue weighted by Gasteiger charge is 2.07. The Balaban J connectivity index is 3.29. The summed E-state index contributed by atoms with van der Waals surface area (Å²) in [6.07, 6.45) is 2.12. The molecule has 0 atom stereocenters. The van der Waals surface area contributed by atoms with Crippen molar-refractivity contribution in [2.45, 2.75) is 13.8 Å². The fourth-order valence-corrected chi connectivity index (χ4v) is 0.952. The molecule has 1 heterocycles. The zero-order valence-electron chi connectivity index (χ0n) is 6.47. The maximum Gasteiger partial charge on any atom is 0.253 e. The second-order valence-corrected chi connectivity index (χ2v) is 2.49. The molecule has 2 heteroatoms. The van der Waals surface area contributed by atoms with Gasteiger partial charge in [-0.2, -0.15) is 0 Å². The second-order valence-electron chi connectivity index (χ2n) is 2.49. The van der Waals surface area contributed by atoms with Crippen LogP contribution in [0, 0.1) is 13.8 Å². The molecule has 0 aliphatic carbocycles. The van der Waals surface area contributed by atoms with Crippen molar-refractivity contribution in [3.05, 3.63) is 17.7 Å². The molecule has 0 unspecified atom stereocenters. The lowest BCUT2D eigenvalue weighted by Crippen LogP contribution is -2.29. The molecule has 2 nitrogen and oxygen atoms in total. The van der Waals surface area contributed by atoms with Gasteiger partial charge in [-0.15, -0.1) is 0 Å². The number of aromatic nitrogens is 2. The van der Waals surface area contributed by atoms with Crippen LogP contribution in [0.5, 0.6) is 0 Å². The molecule has 0 aliphatic heterocycles. The average Bonchev–Trinajstić information content (AvgIpc) is 1.98. The molecule has 1 aromatic rings. The Morgan fingerprint density at radius 1 is 1.44 bits per heavy atom. The van der Waals surface area contributed by atoms with Gasteiger partial charge in [0.15, 0.2) is 0 Å². The van der Waals surface area contributed by atoms with Gasteiger partial charge in [0.05, 0.1) is 14.1 Å². The van der Waals surface area contributed by atoms with Crippen molar-refractivity contribution in [1.82, 2.24) is 4.57 Å². The van der Waals surface area contributed by atoms with Crippen LogP contribution >= 0.6 is 0 Å². The molecular formula is C7H13N2+. The van der Waals surface area contributed by atoms with E-state index < -0.39 is 0 Å². The minimum atomic E-state index is 1.28. The third-order valence-electron chi connectivity index (χ3n) is 1.91. The standard InChI is InChI=1S/C7H13N2/c1-6-5-8(3)7(2)9(6)4/h5H,1-4H3/q+1. The summed E-state index contributed by atoms with van der Waals surface area (Å²) in [7, 11) is 4.13. The third kappa shape index (κ3) is 0.846. The zero-order valence-corrected chi connectivity index (χ0v) is 6.47. The Morgan fingerprint density at radius 2 is 2.00 bits per heavy atom. The van der Waals surface area contributed by atoms with E-state index in [-0.39, 0.29) is 0 Å². The van der Waals surface area contributed by atoms with Crippen molar-refractivity contribution in [3.63, 3.8) is 0 Å². The molecule has 50 valence electrons. The zero-order chi connectivity index (χ0) is 7.02. The summed E-state index contributed by atoms with van der Waals surface area (Å²) in [6.45, 7) is 4.21. The first-order valence-corrected chi connectivity index (χ1v) is 3.11. The molecule has 9 heavy (non-hydrogen) atoms. The van der Waals surface area contributed by atoms with Crippen molar-refractivity contribution in [2.75, 3.05) is 0 Å². The van der Waals surface area contributed by atoms with Crippen LogP contribution in [0.1, 0.15) is 11.5 Å². The Morgan fingerprint density at radius 3 is 2.11 bits per heavy atom. The molecule has 0 bridgehead atoms. The molecule has 0 spiro atoms. The monoisotopic (exact) mass is 125 g/mol. The van der Waals surface area contributed by atoms with Gasteiger partial charge in [-0.3, -0.25) is 0 Å². The first-order valence-electron chi connectivity index (χ1n) is 3.11. The number of hydrogen-bond donors (Lipinski definition) is 0. The highest BCUT2D eigenvalue weighted by molar-refractivity contribution is 4.92. The average molecular weight is 125 g/mol. The number of hydrogen-bond acceptors (Lipinski definition) is 0. The number of imidazole rings is 1. The minimum Gasteiger partial charge on any atom is -0.237 e. The van der Waals surface area contributed by atoms with Crippen molar-refractivity contribution in [2.24, 2.45) is 14.1 Å². The minimum absolute atomic E-state index is 1.28. The Hall–Kier alpha value is -0.790. The largest absolute Gasteiger partial charge is 0.253 e. The van der Waals surface area contributed by atoms with Gasteiger partial charge in [0.2, 0.25) is 0 Å². The lowest BCUT2D eigenvalue weighted by Gasteiger charge is -1.87. The molecule has 1 aromatic heterocycles. The van der Waals surface area contributed by atoms with Crippen LogP contribution in [-0.4, -0.2) is 4.57 Å². The van der Waals surface area contributed by atoms with Crippen LogP contribution < -0.4 is 4.57 Å². The van der Waals surface area contributed by atoms with Gasteiger partial charge in [0, 0.05) is 13.8 Å². The highest BCUT2D eigenvalue weighted by atomic mass is 15.1. The number of aryl methyl sites for hydroxylation is 2. The van der Waals surface area contributed by atoms with Crippen molar-refractivity contribution >= 4 is 0 Å². The Labute approximate surface area is 55.7 Å². The SMILES string of the molecule is Cc1c[n+](C)c(C)n1C. The maximum atomic E-state index is 2.17. The van der Waals surface area contributed by atoms with Crippen LogP contribution in [0.3, 0.4) is 0 Å². The van der Waals surface area contributed by atoms with E-state index in [4.69, 9.17) is 0 Å². The summed E-state index contributed by atoms with van der Waals surface area (Å²) in [6, 6.07) is 0. The molecule has 0 fully saturated rings. The second kappa shape index (κ2) is 1.87. The molecule has 0 saturated heterocycles. The van der Waals surface area contributed by atoms with Gasteiger partial charge in [-0.05, 0) is 0 Å². The van der Waals surface area contributed by atoms with E-state index in [1.807, 2.05) is 0 Å². The van der Waals surface area contributed by atoms with E-state index in [0.717, 1.165) is 0 Å². The molecule has 0 N–H and O–H groups in total. The summed E-state index contributed by atoms with van der Waals surface area (Å²) >= 11 is 0. The topological polar surface area (TPSA) is 8.81 Å². The highest BCUT2D eigenvalue weighted by Crippen LogP contribution is 1.94. The third-order valence-corrected chi connectivity index (χ3v) is 1.91. The predicted octanol–water partition coefficient (Wildman–Crippen LogP) is 0.466. The maximum absolute atomic E-state index is 2.17. The van der Waals surface area contributed by atoms with Gasteiger partial charge in [-0.25, -0.2) is 9.13 Å². The first-order chi connectivity index (χ1) is 4.13. The smallest absolute Gasteiger partial charge is 0.237 e. The summed E-state index contributed by atoms with van der Waals surface area (Å²) in [5.41, 5.74) is 1.30. The van der Waals surface area contributed by atoms with Crippen LogP contribution in [0.15, 0.2) is 6.20 Å². The number of rotatable bonds is 0. The van der Waals surface area contributed by atoms with Gasteiger partial charge in [0.1, 0.15) is 11.9 Å². The summed E-state index contributed by atoms with van der Waals surface area (Å²) in [5.74, 6) is 1.28. The predicted molar refractivity (Wildman–Crippen MR) is 36.1 cm³/mol. The molecule has 0 aromatic carbocycles. The van der Waals surface area contributed by atoms with Crippen LogP contribution in [-0.2, 0) is 14.1 Å². The summed E-state index contributed by atoms with van der Waals surface area (Å²) < 4.78 is 4.29. The van der Waals surface area contributed by atoms with Gasteiger partial charge < -0.3 is 0 Å². The van der Waals surface area contributed by atoms with E-state index in [0.29, 0.717) is 0 Å². The normalized spacial score (nSPS) is 10.2. The van der Waals surface area contributed by atoms with E-state index in [9.17, 15) is 0 Å². The lowest BCUT2D eigenvalue weighted by atomic mass is 10.5. The Kier molecular flexibility index (Phi) is 1.31. The van der Waals surface area contributed by atoms with E-state index >= 15 is 0 Å². The van der Waals surface area contributed by atoms with E-state index in [2.05, 4.69) is 43.3 Å². The number of nitrogens with zero attached hydrogens (tertiary/aromatic N) is 2. The van der Waals surface area contributed by atoms with Crippen LogP contribution in [0.4, 0.5) is 0 Å². The fourth-order valence-electron chi connectivity index (χ4n) is 0.952. The molecule has 0 radical (unpaired) electrons. The van der Waals surface area contributed by atoms with Gasteiger partial charge in [-0.1, -0.05) is 0 Å². The van der Waals surface area contributed by atoms with E-state index in [1.165, 1.54) is 11.5 Å². The van der Waals surface area contributed by atoms with Crippen molar-refractivity contribution in [3.8, 4) is 0 Å². The van der Waals surface area contributed by atoms with Crippen LogP contribution in [0.2, 0.25) is 0 Å². The summed E-state index contributed by atoms with van der Waals surface area (Å²) in [4.78, 5) is 0. The molecule has 0 saturated carbocycles. The molecular weight excluding hydrogens is 112 g/mol. The summed E-state index contributed by atoms with van der Waals surface area (Å²) in [5, 5.41) is 0. The van der Waals surface area contributed by atoms with Crippen molar-refractivity contribution in [1.29, 1.82) is 0 Å². The first kappa shape index (κ1) is 6.33. The van der Waals surface area contributed by atoms with Gasteiger partial charge >= 0.3 is 0 Å².